The first-order chi connectivity index (χ1) is 14.1. The summed E-state index contributed by atoms with van der Waals surface area (Å²) < 4.78 is 0. The number of carbonyl (C=O) groups excluding carboxylic acids is 3. The van der Waals surface area contributed by atoms with Gasteiger partial charge in [0, 0.05) is 30.8 Å². The van der Waals surface area contributed by atoms with Crippen LogP contribution >= 0.6 is 0 Å². The van der Waals surface area contributed by atoms with Gasteiger partial charge < -0.3 is 16.0 Å². The number of piperidine rings is 1. The van der Waals surface area contributed by atoms with Gasteiger partial charge in [-0.2, -0.15) is 0 Å². The maximum atomic E-state index is 12.9. The van der Waals surface area contributed by atoms with E-state index in [0.717, 1.165) is 23.2 Å². The largest absolute Gasteiger partial charge is 0.381 e. The number of anilines is 1. The minimum atomic E-state index is -0.596. The van der Waals surface area contributed by atoms with Crippen LogP contribution in [-0.4, -0.2) is 35.2 Å². The molecule has 1 fully saturated rings. The van der Waals surface area contributed by atoms with Crippen LogP contribution in [0.5, 0.6) is 0 Å². The van der Waals surface area contributed by atoms with E-state index in [0.29, 0.717) is 31.6 Å². The van der Waals surface area contributed by atoms with E-state index in [1.54, 1.807) is 11.0 Å². The molecule has 2 heterocycles. The molecule has 1 atom stereocenters. The zero-order chi connectivity index (χ0) is 20.4. The molecule has 1 saturated heterocycles. The second-order valence-corrected chi connectivity index (χ2v) is 7.44. The first-order valence-corrected chi connectivity index (χ1v) is 9.85. The number of hydrogen-bond acceptors (Lipinski definition) is 5. The van der Waals surface area contributed by atoms with Gasteiger partial charge >= 0.3 is 0 Å². The van der Waals surface area contributed by atoms with Gasteiger partial charge in [-0.15, -0.1) is 0 Å². The third-order valence-corrected chi connectivity index (χ3v) is 5.52. The molecule has 29 heavy (non-hydrogen) atoms. The van der Waals surface area contributed by atoms with Gasteiger partial charge in [-0.1, -0.05) is 24.3 Å². The predicted molar refractivity (Wildman–Crippen MR) is 109 cm³/mol. The maximum Gasteiger partial charge on any atom is 0.255 e. The van der Waals surface area contributed by atoms with Gasteiger partial charge in [0.1, 0.15) is 6.04 Å². The molecule has 7 nitrogen and oxygen atoms in total. The number of benzene rings is 2. The molecule has 7 heteroatoms. The molecule has 4 N–H and O–H groups in total. The first-order valence-electron chi connectivity index (χ1n) is 9.85. The molecule has 0 aromatic heterocycles. The fourth-order valence-electron chi connectivity index (χ4n) is 4.02. The van der Waals surface area contributed by atoms with E-state index in [9.17, 15) is 14.4 Å². The summed E-state index contributed by atoms with van der Waals surface area (Å²) in [5, 5.41) is 5.76. The van der Waals surface area contributed by atoms with E-state index in [2.05, 4.69) is 22.8 Å². The summed E-state index contributed by atoms with van der Waals surface area (Å²) in [5.41, 5.74) is 10.4. The average Bonchev–Trinajstić information content (AvgIpc) is 3.04. The zero-order valence-corrected chi connectivity index (χ0v) is 16.1. The van der Waals surface area contributed by atoms with Crippen LogP contribution in [0.25, 0.3) is 0 Å². The molecular weight excluding hydrogens is 368 g/mol. The molecule has 1 unspecified atom stereocenters. The summed E-state index contributed by atoms with van der Waals surface area (Å²) in [6.45, 7) is 1.56. The van der Waals surface area contributed by atoms with E-state index >= 15 is 0 Å². The van der Waals surface area contributed by atoms with Gasteiger partial charge in [-0.05, 0) is 54.3 Å². The van der Waals surface area contributed by atoms with Crippen LogP contribution in [0.4, 0.5) is 5.69 Å². The third kappa shape index (κ3) is 3.86. The predicted octanol–water partition coefficient (Wildman–Crippen LogP) is 1.56. The van der Waals surface area contributed by atoms with Crippen molar-refractivity contribution in [3.05, 3.63) is 64.7 Å². The number of nitrogens with zero attached hydrogens (tertiary/aromatic N) is 1. The number of imide groups is 1. The summed E-state index contributed by atoms with van der Waals surface area (Å²) in [4.78, 5) is 38.1. The van der Waals surface area contributed by atoms with Crippen molar-refractivity contribution in [2.45, 2.75) is 38.4 Å². The van der Waals surface area contributed by atoms with Crippen LogP contribution in [0, 0.1) is 0 Å². The third-order valence-electron chi connectivity index (χ3n) is 5.52. The number of nitrogens with one attached hydrogen (secondary N) is 2. The standard InChI is InChI=1S/C22H24N4O3/c23-10-9-14-3-1-5-16(11-14)24-12-15-4-2-6-17-18(15)13-26(22(17)29)19-7-8-20(27)25-21(19)28/h1-6,11,19,24H,7-10,12-13,23H2,(H,25,27,28). The lowest BCUT2D eigenvalue weighted by atomic mass is 10.0. The van der Waals surface area contributed by atoms with E-state index in [4.69, 9.17) is 5.73 Å². The Kier molecular flexibility index (Phi) is 5.31. The van der Waals surface area contributed by atoms with Crippen LogP contribution < -0.4 is 16.4 Å². The fourth-order valence-corrected chi connectivity index (χ4v) is 4.02. The minimum absolute atomic E-state index is 0.152. The molecule has 0 spiro atoms. The van der Waals surface area contributed by atoms with Crippen molar-refractivity contribution in [1.82, 2.24) is 10.2 Å². The van der Waals surface area contributed by atoms with Crippen molar-refractivity contribution in [2.75, 3.05) is 11.9 Å². The molecule has 150 valence electrons. The molecular formula is C22H24N4O3. The Balaban J connectivity index is 1.50. The van der Waals surface area contributed by atoms with Gasteiger partial charge in [0.2, 0.25) is 11.8 Å². The van der Waals surface area contributed by atoms with Gasteiger partial charge in [0.05, 0.1) is 0 Å². The van der Waals surface area contributed by atoms with E-state index in [-0.39, 0.29) is 18.2 Å². The van der Waals surface area contributed by atoms with Crippen LogP contribution in [0.15, 0.2) is 42.5 Å². The van der Waals surface area contributed by atoms with Crippen molar-refractivity contribution in [3.63, 3.8) is 0 Å². The lowest BCUT2D eigenvalue weighted by Crippen LogP contribution is -2.52. The highest BCUT2D eigenvalue weighted by Crippen LogP contribution is 2.30. The lowest BCUT2D eigenvalue weighted by Gasteiger charge is -2.29. The molecule has 4 rings (SSSR count). The summed E-state index contributed by atoms with van der Waals surface area (Å²) >= 11 is 0. The number of fused-ring (bicyclic) bond motifs is 1. The van der Waals surface area contributed by atoms with Gasteiger partial charge in [-0.3, -0.25) is 19.7 Å². The minimum Gasteiger partial charge on any atom is -0.381 e. The Labute approximate surface area is 169 Å². The van der Waals surface area contributed by atoms with E-state index in [1.807, 2.05) is 24.3 Å². The summed E-state index contributed by atoms with van der Waals surface area (Å²) in [5.74, 6) is -0.822. The molecule has 0 saturated carbocycles. The molecule has 0 radical (unpaired) electrons. The molecule has 2 aliphatic rings. The van der Waals surface area contributed by atoms with Gasteiger partial charge in [0.15, 0.2) is 0 Å². The number of nitrogens with two attached hydrogens (primary N) is 1. The van der Waals surface area contributed by atoms with E-state index in [1.165, 1.54) is 5.56 Å². The molecule has 3 amide bonds. The monoisotopic (exact) mass is 392 g/mol. The van der Waals surface area contributed by atoms with Crippen LogP contribution in [0.1, 0.15) is 39.9 Å². The number of rotatable bonds is 6. The van der Waals surface area contributed by atoms with Gasteiger partial charge in [-0.25, -0.2) is 0 Å². The Morgan fingerprint density at radius 3 is 2.76 bits per heavy atom. The number of hydrogen-bond donors (Lipinski definition) is 3. The highest BCUT2D eigenvalue weighted by molar-refractivity contribution is 6.05. The van der Waals surface area contributed by atoms with Crippen molar-refractivity contribution in [3.8, 4) is 0 Å². The lowest BCUT2D eigenvalue weighted by molar-refractivity contribution is -0.136. The molecule has 0 bridgehead atoms. The smallest absolute Gasteiger partial charge is 0.255 e. The number of carbonyl (C=O) groups is 3. The van der Waals surface area contributed by atoms with E-state index < -0.39 is 11.9 Å². The summed E-state index contributed by atoms with van der Waals surface area (Å²) in [6, 6.07) is 13.2. The molecule has 2 aromatic carbocycles. The highest BCUT2D eigenvalue weighted by atomic mass is 16.2. The Bertz CT molecular complexity index is 972. The summed E-state index contributed by atoms with van der Waals surface area (Å²) in [7, 11) is 0. The maximum absolute atomic E-state index is 12.9. The average molecular weight is 392 g/mol. The van der Waals surface area contributed by atoms with Crippen molar-refractivity contribution >= 4 is 23.4 Å². The highest BCUT2D eigenvalue weighted by Gasteiger charge is 2.39. The molecule has 2 aromatic rings. The van der Waals surface area contributed by atoms with Gasteiger partial charge in [0.25, 0.3) is 5.91 Å². The van der Waals surface area contributed by atoms with Crippen LogP contribution in [0.3, 0.4) is 0 Å². The Morgan fingerprint density at radius 2 is 1.97 bits per heavy atom. The Morgan fingerprint density at radius 1 is 1.14 bits per heavy atom. The first kappa shape index (κ1) is 19.1. The van der Waals surface area contributed by atoms with Crippen LogP contribution in [-0.2, 0) is 29.1 Å². The van der Waals surface area contributed by atoms with Crippen molar-refractivity contribution < 1.29 is 14.4 Å². The Hall–Kier alpha value is -3.19. The van der Waals surface area contributed by atoms with Crippen LogP contribution in [0.2, 0.25) is 0 Å². The molecule has 2 aliphatic heterocycles. The quantitative estimate of drug-likeness (QED) is 0.647. The summed E-state index contributed by atoms with van der Waals surface area (Å²) in [6.07, 6.45) is 1.45. The second kappa shape index (κ2) is 8.05. The second-order valence-electron chi connectivity index (χ2n) is 7.44. The number of amides is 3. The zero-order valence-electron chi connectivity index (χ0n) is 16.1. The topological polar surface area (TPSA) is 105 Å². The normalized spacial score (nSPS) is 18.6. The van der Waals surface area contributed by atoms with Crippen molar-refractivity contribution in [1.29, 1.82) is 0 Å². The fraction of sp³-hybridized carbons (Fsp3) is 0.318. The SMILES string of the molecule is NCCc1cccc(NCc2cccc3c2CN(C2CCC(=O)NC2=O)C3=O)c1. The van der Waals surface area contributed by atoms with Crippen molar-refractivity contribution in [2.24, 2.45) is 5.73 Å². The molecule has 0 aliphatic carbocycles.